The highest BCUT2D eigenvalue weighted by atomic mass is 32.2. The van der Waals surface area contributed by atoms with E-state index in [1.165, 1.54) is 0 Å². The van der Waals surface area contributed by atoms with Gasteiger partial charge in [0.1, 0.15) is 0 Å². The standard InChI is InChI=1S/C14H22O4S/c1-4-19-7-5-6-18-14-12(16-2)8-11(10-15)9-13(14)17-3/h8-9,15H,4-7,10H2,1-3H3. The molecular formula is C14H22O4S. The fourth-order valence-corrected chi connectivity index (χ4v) is 2.26. The molecule has 0 spiro atoms. The fourth-order valence-electron chi connectivity index (χ4n) is 1.65. The Morgan fingerprint density at radius 2 is 1.79 bits per heavy atom. The van der Waals surface area contributed by atoms with Crippen molar-refractivity contribution < 1.29 is 19.3 Å². The van der Waals surface area contributed by atoms with E-state index >= 15 is 0 Å². The summed E-state index contributed by atoms with van der Waals surface area (Å²) in [5, 5.41) is 9.19. The van der Waals surface area contributed by atoms with Gasteiger partial charge in [-0.1, -0.05) is 6.92 Å². The van der Waals surface area contributed by atoms with E-state index < -0.39 is 0 Å². The van der Waals surface area contributed by atoms with Crippen molar-refractivity contribution >= 4 is 11.8 Å². The average molecular weight is 286 g/mol. The SMILES string of the molecule is CCSCCCOc1c(OC)cc(CO)cc1OC. The number of methoxy groups -OCH3 is 2. The molecule has 0 amide bonds. The summed E-state index contributed by atoms with van der Waals surface area (Å²) < 4.78 is 16.3. The van der Waals surface area contributed by atoms with Crippen molar-refractivity contribution in [2.24, 2.45) is 0 Å². The molecule has 1 rings (SSSR count). The summed E-state index contributed by atoms with van der Waals surface area (Å²) in [5.41, 5.74) is 0.739. The highest BCUT2D eigenvalue weighted by Gasteiger charge is 2.13. The first-order valence-corrected chi connectivity index (χ1v) is 7.48. The van der Waals surface area contributed by atoms with Gasteiger partial charge in [-0.3, -0.25) is 0 Å². The monoisotopic (exact) mass is 286 g/mol. The molecule has 0 aromatic heterocycles. The molecule has 108 valence electrons. The van der Waals surface area contributed by atoms with Crippen LogP contribution in [0, 0.1) is 0 Å². The van der Waals surface area contributed by atoms with E-state index in [1.807, 2.05) is 11.8 Å². The van der Waals surface area contributed by atoms with Crippen LogP contribution in [0.1, 0.15) is 18.9 Å². The summed E-state index contributed by atoms with van der Waals surface area (Å²) in [6, 6.07) is 3.53. The van der Waals surface area contributed by atoms with Crippen molar-refractivity contribution in [2.45, 2.75) is 20.0 Å². The summed E-state index contributed by atoms with van der Waals surface area (Å²) in [5.74, 6) is 3.98. The van der Waals surface area contributed by atoms with Crippen molar-refractivity contribution in [2.75, 3.05) is 32.3 Å². The molecule has 0 radical (unpaired) electrons. The smallest absolute Gasteiger partial charge is 0.203 e. The van der Waals surface area contributed by atoms with Crippen molar-refractivity contribution in [1.82, 2.24) is 0 Å². The molecule has 19 heavy (non-hydrogen) atoms. The van der Waals surface area contributed by atoms with E-state index in [9.17, 15) is 5.11 Å². The largest absolute Gasteiger partial charge is 0.493 e. The van der Waals surface area contributed by atoms with Crippen LogP contribution in [0.5, 0.6) is 17.2 Å². The quantitative estimate of drug-likeness (QED) is 0.707. The Morgan fingerprint density at radius 1 is 1.16 bits per heavy atom. The van der Waals surface area contributed by atoms with E-state index in [0.29, 0.717) is 23.9 Å². The van der Waals surface area contributed by atoms with Crippen LogP contribution in [0.2, 0.25) is 0 Å². The lowest BCUT2D eigenvalue weighted by Gasteiger charge is -2.15. The summed E-state index contributed by atoms with van der Waals surface area (Å²) in [6.45, 7) is 2.71. The van der Waals surface area contributed by atoms with Gasteiger partial charge < -0.3 is 19.3 Å². The average Bonchev–Trinajstić information content (AvgIpc) is 2.46. The van der Waals surface area contributed by atoms with Gasteiger partial charge >= 0.3 is 0 Å². The molecular weight excluding hydrogens is 264 g/mol. The van der Waals surface area contributed by atoms with Gasteiger partial charge in [-0.25, -0.2) is 0 Å². The molecule has 0 saturated carbocycles. The van der Waals surface area contributed by atoms with Crippen LogP contribution in [0.15, 0.2) is 12.1 Å². The zero-order chi connectivity index (χ0) is 14.1. The second-order valence-electron chi connectivity index (χ2n) is 3.89. The highest BCUT2D eigenvalue weighted by Crippen LogP contribution is 2.38. The molecule has 1 N–H and O–H groups in total. The van der Waals surface area contributed by atoms with Crippen molar-refractivity contribution in [3.8, 4) is 17.2 Å². The van der Waals surface area contributed by atoms with E-state index in [1.54, 1.807) is 26.4 Å². The highest BCUT2D eigenvalue weighted by molar-refractivity contribution is 7.99. The lowest BCUT2D eigenvalue weighted by molar-refractivity contribution is 0.266. The fraction of sp³-hybridized carbons (Fsp3) is 0.571. The van der Waals surface area contributed by atoms with Gasteiger partial charge in [0.25, 0.3) is 0 Å². The third kappa shape index (κ3) is 4.84. The zero-order valence-corrected chi connectivity index (χ0v) is 12.6. The Labute approximate surface area is 119 Å². The molecule has 0 bridgehead atoms. The Hall–Kier alpha value is -1.07. The number of hydrogen-bond donors (Lipinski definition) is 1. The summed E-state index contributed by atoms with van der Waals surface area (Å²) in [4.78, 5) is 0. The second-order valence-corrected chi connectivity index (χ2v) is 5.28. The Morgan fingerprint density at radius 3 is 2.26 bits per heavy atom. The lowest BCUT2D eigenvalue weighted by Crippen LogP contribution is -2.03. The van der Waals surface area contributed by atoms with Crippen LogP contribution in [0.4, 0.5) is 0 Å². The maximum atomic E-state index is 9.19. The predicted molar refractivity (Wildman–Crippen MR) is 78.6 cm³/mol. The minimum absolute atomic E-state index is 0.0554. The third-order valence-electron chi connectivity index (χ3n) is 2.59. The number of thioether (sulfide) groups is 1. The molecule has 0 saturated heterocycles. The number of aliphatic hydroxyl groups excluding tert-OH is 1. The van der Waals surface area contributed by atoms with Gasteiger partial charge in [0.15, 0.2) is 11.5 Å². The van der Waals surface area contributed by atoms with Gasteiger partial charge in [-0.15, -0.1) is 0 Å². The molecule has 1 aromatic rings. The van der Waals surface area contributed by atoms with Gasteiger partial charge in [0, 0.05) is 0 Å². The van der Waals surface area contributed by atoms with Gasteiger partial charge in [0.2, 0.25) is 5.75 Å². The van der Waals surface area contributed by atoms with E-state index in [2.05, 4.69) is 6.92 Å². The minimum atomic E-state index is -0.0554. The van der Waals surface area contributed by atoms with Crippen molar-refractivity contribution in [1.29, 1.82) is 0 Å². The van der Waals surface area contributed by atoms with Gasteiger partial charge in [-0.2, -0.15) is 11.8 Å². The normalized spacial score (nSPS) is 10.3. The summed E-state index contributed by atoms with van der Waals surface area (Å²) >= 11 is 1.89. The Kier molecular flexibility index (Phi) is 7.52. The van der Waals surface area contributed by atoms with Crippen LogP contribution in [-0.4, -0.2) is 37.4 Å². The number of ether oxygens (including phenoxy) is 3. The third-order valence-corrected chi connectivity index (χ3v) is 3.57. The maximum absolute atomic E-state index is 9.19. The molecule has 0 unspecified atom stereocenters. The lowest BCUT2D eigenvalue weighted by atomic mass is 10.2. The Bertz CT molecular complexity index is 357. The maximum Gasteiger partial charge on any atom is 0.203 e. The molecule has 0 aliphatic carbocycles. The van der Waals surface area contributed by atoms with Crippen LogP contribution in [0.3, 0.4) is 0 Å². The van der Waals surface area contributed by atoms with Crippen LogP contribution >= 0.6 is 11.8 Å². The van der Waals surface area contributed by atoms with E-state index in [4.69, 9.17) is 14.2 Å². The molecule has 1 aromatic carbocycles. The minimum Gasteiger partial charge on any atom is -0.493 e. The number of hydrogen-bond acceptors (Lipinski definition) is 5. The summed E-state index contributed by atoms with van der Waals surface area (Å²) in [6.07, 6.45) is 0.979. The van der Waals surface area contributed by atoms with E-state index in [-0.39, 0.29) is 6.61 Å². The van der Waals surface area contributed by atoms with Crippen molar-refractivity contribution in [3.05, 3.63) is 17.7 Å². The van der Waals surface area contributed by atoms with Crippen molar-refractivity contribution in [3.63, 3.8) is 0 Å². The Balaban J connectivity index is 2.73. The van der Waals surface area contributed by atoms with Crippen LogP contribution < -0.4 is 14.2 Å². The predicted octanol–water partition coefficient (Wildman–Crippen LogP) is 2.72. The van der Waals surface area contributed by atoms with Crippen LogP contribution in [-0.2, 0) is 6.61 Å². The van der Waals surface area contributed by atoms with Gasteiger partial charge in [-0.05, 0) is 35.6 Å². The molecule has 4 nitrogen and oxygen atoms in total. The zero-order valence-electron chi connectivity index (χ0n) is 11.8. The van der Waals surface area contributed by atoms with Gasteiger partial charge in [0.05, 0.1) is 27.4 Å². The van der Waals surface area contributed by atoms with E-state index in [0.717, 1.165) is 23.5 Å². The number of benzene rings is 1. The molecule has 0 fully saturated rings. The summed E-state index contributed by atoms with van der Waals surface area (Å²) in [7, 11) is 3.16. The molecule has 5 heteroatoms. The number of aliphatic hydroxyl groups is 1. The topological polar surface area (TPSA) is 47.9 Å². The molecule has 0 atom stereocenters. The molecule has 0 heterocycles. The number of rotatable bonds is 9. The first-order chi connectivity index (χ1) is 9.26. The molecule has 0 aliphatic rings. The molecule has 0 aliphatic heterocycles. The van der Waals surface area contributed by atoms with Crippen LogP contribution in [0.25, 0.3) is 0 Å². The first kappa shape index (κ1) is 16.0. The second kappa shape index (κ2) is 8.93. The first-order valence-electron chi connectivity index (χ1n) is 6.33.